The van der Waals surface area contributed by atoms with E-state index in [0.717, 1.165) is 4.47 Å². The summed E-state index contributed by atoms with van der Waals surface area (Å²) in [5.74, 6) is 0.411. The zero-order valence-corrected chi connectivity index (χ0v) is 26.9. The van der Waals surface area contributed by atoms with E-state index in [1.165, 1.54) is 10.7 Å². The molecular weight excluding hydrogens is 710 g/mol. The number of hydrogen-bond acceptors (Lipinski definition) is 6. The first-order valence-electron chi connectivity index (χ1n) is 12.3. The van der Waals surface area contributed by atoms with Gasteiger partial charge >= 0.3 is 5.97 Å². The van der Waals surface area contributed by atoms with Crippen LogP contribution in [0.2, 0.25) is 0 Å². The van der Waals surface area contributed by atoms with Crippen molar-refractivity contribution in [3.05, 3.63) is 94.8 Å². The van der Waals surface area contributed by atoms with Crippen molar-refractivity contribution in [1.82, 2.24) is 9.66 Å². The van der Waals surface area contributed by atoms with Crippen molar-refractivity contribution in [3.8, 4) is 11.5 Å². The fourth-order valence-corrected chi connectivity index (χ4v) is 5.20. The van der Waals surface area contributed by atoms with Crippen LogP contribution in [0.1, 0.15) is 55.0 Å². The van der Waals surface area contributed by atoms with Crippen LogP contribution < -0.4 is 15.0 Å². The van der Waals surface area contributed by atoms with Crippen molar-refractivity contribution >= 4 is 70.9 Å². The molecule has 0 bridgehead atoms. The molecule has 0 radical (unpaired) electrons. The van der Waals surface area contributed by atoms with Crippen molar-refractivity contribution in [2.24, 2.45) is 5.10 Å². The lowest BCUT2D eigenvalue weighted by atomic mass is 9.95. The minimum atomic E-state index is -1.01. The number of carbonyl (C=O) groups is 1. The fourth-order valence-electron chi connectivity index (χ4n) is 3.91. The minimum Gasteiger partial charge on any atom is -0.490 e. The van der Waals surface area contributed by atoms with Gasteiger partial charge < -0.3 is 14.6 Å². The Bertz CT molecular complexity index is 1690. The Balaban J connectivity index is 1.76. The van der Waals surface area contributed by atoms with Gasteiger partial charge in [-0.2, -0.15) is 9.78 Å². The number of carboxylic acid groups (broad SMARTS) is 1. The summed E-state index contributed by atoms with van der Waals surface area (Å²) in [5.41, 5.74) is 1.37. The van der Waals surface area contributed by atoms with E-state index in [9.17, 15) is 14.7 Å². The summed E-state index contributed by atoms with van der Waals surface area (Å²) in [6, 6.07) is 13.7. The summed E-state index contributed by atoms with van der Waals surface area (Å²) in [6.45, 7) is 8.29. The Kier molecular flexibility index (Phi) is 9.16. The molecule has 1 N–H and O–H groups in total. The molecule has 8 nitrogen and oxygen atoms in total. The molecule has 4 rings (SSSR count). The van der Waals surface area contributed by atoms with Crippen molar-refractivity contribution in [2.45, 2.75) is 39.7 Å². The SMILES string of the molecule is CCOc1cc(C=Nn2c(C(C)(C)C)nc3ccc(Br)cc3c2=O)c(Br)c(Br)c1OCc1cccc(C(=O)O)c1. The summed E-state index contributed by atoms with van der Waals surface area (Å²) in [5, 5.41) is 14.3. The number of hydrogen-bond donors (Lipinski definition) is 1. The van der Waals surface area contributed by atoms with E-state index >= 15 is 0 Å². The maximum atomic E-state index is 13.5. The maximum Gasteiger partial charge on any atom is 0.335 e. The smallest absolute Gasteiger partial charge is 0.335 e. The number of nitrogens with zero attached hydrogens (tertiary/aromatic N) is 3. The molecule has 1 aromatic heterocycles. The lowest BCUT2D eigenvalue weighted by Crippen LogP contribution is -2.29. The number of ether oxygens (including phenoxy) is 2. The first-order valence-corrected chi connectivity index (χ1v) is 14.7. The Morgan fingerprint density at radius 2 is 1.82 bits per heavy atom. The van der Waals surface area contributed by atoms with Crippen LogP contribution in [-0.4, -0.2) is 33.6 Å². The van der Waals surface area contributed by atoms with Gasteiger partial charge in [-0.15, -0.1) is 0 Å². The Morgan fingerprint density at radius 1 is 1.07 bits per heavy atom. The largest absolute Gasteiger partial charge is 0.490 e. The molecule has 1 heterocycles. The van der Waals surface area contributed by atoms with Crippen LogP contribution in [0.15, 0.2) is 71.8 Å². The molecular formula is C29H26Br3N3O5. The van der Waals surface area contributed by atoms with E-state index in [-0.39, 0.29) is 17.7 Å². The molecule has 0 aliphatic carbocycles. The number of fused-ring (bicyclic) bond motifs is 1. The average Bonchev–Trinajstić information content (AvgIpc) is 2.90. The van der Waals surface area contributed by atoms with Gasteiger partial charge in [0.15, 0.2) is 11.5 Å². The van der Waals surface area contributed by atoms with Crippen molar-refractivity contribution in [3.63, 3.8) is 0 Å². The van der Waals surface area contributed by atoms with Gasteiger partial charge in [-0.3, -0.25) is 4.79 Å². The number of aromatic carboxylic acids is 1. The molecule has 0 aliphatic rings. The number of halogens is 3. The Hall–Kier alpha value is -3.02. The number of rotatable bonds is 8. The predicted octanol–water partition coefficient (Wildman–Crippen LogP) is 7.54. The molecule has 0 saturated heterocycles. The van der Waals surface area contributed by atoms with Crippen molar-refractivity contribution in [2.75, 3.05) is 6.61 Å². The number of aromatic nitrogens is 2. The van der Waals surface area contributed by atoms with E-state index in [1.54, 1.807) is 36.5 Å². The van der Waals surface area contributed by atoms with E-state index in [4.69, 9.17) is 14.5 Å². The average molecular weight is 736 g/mol. The molecule has 0 atom stereocenters. The van der Waals surface area contributed by atoms with Crippen LogP contribution in [0.3, 0.4) is 0 Å². The normalized spacial score (nSPS) is 11.8. The van der Waals surface area contributed by atoms with Crippen LogP contribution >= 0.6 is 47.8 Å². The highest BCUT2D eigenvalue weighted by Gasteiger charge is 2.23. The summed E-state index contributed by atoms with van der Waals surface area (Å²) >= 11 is 10.6. The molecule has 3 aromatic carbocycles. The molecule has 208 valence electrons. The van der Waals surface area contributed by atoms with E-state index < -0.39 is 11.4 Å². The number of benzene rings is 3. The fraction of sp³-hybridized carbons (Fsp3) is 0.241. The van der Waals surface area contributed by atoms with Crippen LogP contribution in [0, 0.1) is 0 Å². The summed E-state index contributed by atoms with van der Waals surface area (Å²) < 4.78 is 15.3. The third-order valence-electron chi connectivity index (χ3n) is 5.80. The third-order valence-corrected chi connectivity index (χ3v) is 8.44. The first kappa shape index (κ1) is 30.0. The summed E-state index contributed by atoms with van der Waals surface area (Å²) in [4.78, 5) is 29.6. The third kappa shape index (κ3) is 6.47. The van der Waals surface area contributed by atoms with E-state index in [2.05, 4.69) is 52.9 Å². The Morgan fingerprint density at radius 3 is 2.50 bits per heavy atom. The molecule has 40 heavy (non-hydrogen) atoms. The van der Waals surface area contributed by atoms with Crippen molar-refractivity contribution < 1.29 is 19.4 Å². The standard InChI is InChI=1S/C29H26Br3N3O5/c1-5-39-22-12-18(23(31)24(32)25(22)40-15-16-7-6-8-17(11-16)27(37)38)14-33-35-26(36)20-13-19(30)9-10-21(20)34-28(35)29(2,3)4/h6-14H,5,15H2,1-4H3,(H,37,38). The molecule has 0 amide bonds. The van der Waals surface area contributed by atoms with Gasteiger partial charge in [0.2, 0.25) is 0 Å². The predicted molar refractivity (Wildman–Crippen MR) is 166 cm³/mol. The maximum absolute atomic E-state index is 13.5. The highest BCUT2D eigenvalue weighted by molar-refractivity contribution is 9.13. The second-order valence-electron chi connectivity index (χ2n) is 9.86. The lowest BCUT2D eigenvalue weighted by molar-refractivity contribution is 0.0696. The molecule has 11 heteroatoms. The van der Waals surface area contributed by atoms with Gasteiger partial charge in [0, 0.05) is 19.9 Å². The highest BCUT2D eigenvalue weighted by Crippen LogP contribution is 2.43. The lowest BCUT2D eigenvalue weighted by Gasteiger charge is -2.21. The monoisotopic (exact) mass is 733 g/mol. The molecule has 0 fully saturated rings. The van der Waals surface area contributed by atoms with Gasteiger partial charge in [0.25, 0.3) is 5.56 Å². The van der Waals surface area contributed by atoms with Gasteiger partial charge in [-0.05, 0) is 80.7 Å². The van der Waals surface area contributed by atoms with Gasteiger partial charge in [-0.25, -0.2) is 9.78 Å². The molecule has 0 spiro atoms. The van der Waals surface area contributed by atoms with Crippen LogP contribution in [0.4, 0.5) is 0 Å². The molecule has 0 aliphatic heterocycles. The summed E-state index contributed by atoms with van der Waals surface area (Å²) in [7, 11) is 0. The van der Waals surface area contributed by atoms with Gasteiger partial charge in [0.05, 0.1) is 33.8 Å². The second-order valence-corrected chi connectivity index (χ2v) is 12.4. The second kappa shape index (κ2) is 12.2. The first-order chi connectivity index (χ1) is 18.9. The molecule has 4 aromatic rings. The zero-order valence-electron chi connectivity index (χ0n) is 22.2. The van der Waals surface area contributed by atoms with Crippen LogP contribution in [0.5, 0.6) is 11.5 Å². The Labute approximate surface area is 256 Å². The zero-order chi connectivity index (χ0) is 29.2. The number of carboxylic acids is 1. The minimum absolute atomic E-state index is 0.127. The molecule has 0 saturated carbocycles. The van der Waals surface area contributed by atoms with E-state index in [0.29, 0.717) is 54.9 Å². The van der Waals surface area contributed by atoms with E-state index in [1.807, 2.05) is 39.8 Å². The molecule has 0 unspecified atom stereocenters. The van der Waals surface area contributed by atoms with Crippen LogP contribution in [-0.2, 0) is 12.0 Å². The quantitative estimate of drug-likeness (QED) is 0.188. The van der Waals surface area contributed by atoms with Gasteiger partial charge in [0.1, 0.15) is 12.4 Å². The van der Waals surface area contributed by atoms with Crippen molar-refractivity contribution in [1.29, 1.82) is 0 Å². The highest BCUT2D eigenvalue weighted by atomic mass is 79.9. The van der Waals surface area contributed by atoms with Crippen LogP contribution in [0.25, 0.3) is 10.9 Å². The summed E-state index contributed by atoms with van der Waals surface area (Å²) in [6.07, 6.45) is 1.57. The topological polar surface area (TPSA) is 103 Å². The van der Waals surface area contributed by atoms with Gasteiger partial charge in [-0.1, -0.05) is 48.8 Å².